The van der Waals surface area contributed by atoms with Gasteiger partial charge in [0.05, 0.1) is 17.4 Å². The fraction of sp³-hybridized carbons (Fsp3) is 0.692. The Balaban J connectivity index is 2.05. The van der Waals surface area contributed by atoms with Gasteiger partial charge in [-0.3, -0.25) is 9.59 Å². The number of allylic oxidation sites excluding steroid dienone is 2. The summed E-state index contributed by atoms with van der Waals surface area (Å²) in [6.45, 7) is 3.33. The summed E-state index contributed by atoms with van der Waals surface area (Å²) in [4.78, 5) is 23.3. The first-order valence-corrected chi connectivity index (χ1v) is 6.21. The maximum absolute atomic E-state index is 12.1. The van der Waals surface area contributed by atoms with Gasteiger partial charge in [-0.15, -0.1) is 0 Å². The molecule has 100 valence electrons. The third-order valence-electron chi connectivity index (χ3n) is 3.74. The van der Waals surface area contributed by atoms with E-state index in [2.05, 4.69) is 5.32 Å². The van der Waals surface area contributed by atoms with Gasteiger partial charge in [0.25, 0.3) is 0 Å². The smallest absolute Gasteiger partial charge is 0.307 e. The normalized spacial score (nSPS) is 33.7. The minimum absolute atomic E-state index is 0.0228. The van der Waals surface area contributed by atoms with Crippen LogP contribution in [0.25, 0.3) is 0 Å². The predicted molar refractivity (Wildman–Crippen MR) is 64.7 cm³/mol. The van der Waals surface area contributed by atoms with E-state index in [1.54, 1.807) is 13.8 Å². The van der Waals surface area contributed by atoms with E-state index >= 15 is 0 Å². The number of fused-ring (bicyclic) bond motifs is 2. The average molecular weight is 253 g/mol. The monoisotopic (exact) mass is 253 g/mol. The number of hydrogen-bond acceptors (Lipinski definition) is 3. The number of aliphatic carboxylic acids is 1. The third-order valence-corrected chi connectivity index (χ3v) is 3.74. The lowest BCUT2D eigenvalue weighted by atomic mass is 9.82. The molecule has 0 aromatic rings. The highest BCUT2D eigenvalue weighted by molar-refractivity contribution is 5.86. The maximum Gasteiger partial charge on any atom is 0.307 e. The van der Waals surface area contributed by atoms with Gasteiger partial charge in [0.15, 0.2) is 0 Å². The molecule has 2 rings (SSSR count). The van der Waals surface area contributed by atoms with E-state index in [9.17, 15) is 19.8 Å². The van der Waals surface area contributed by atoms with Crippen molar-refractivity contribution in [3.05, 3.63) is 12.2 Å². The molecule has 2 bridgehead atoms. The summed E-state index contributed by atoms with van der Waals surface area (Å²) in [6.07, 6.45) is 4.60. The molecular weight excluding hydrogens is 234 g/mol. The van der Waals surface area contributed by atoms with Crippen molar-refractivity contribution < 1.29 is 19.8 Å². The van der Waals surface area contributed by atoms with Crippen LogP contribution in [0, 0.1) is 23.7 Å². The Kier molecular flexibility index (Phi) is 3.19. The Hall–Kier alpha value is -1.36. The van der Waals surface area contributed by atoms with Gasteiger partial charge in [-0.05, 0) is 32.1 Å². The van der Waals surface area contributed by atoms with Crippen molar-refractivity contribution in [1.29, 1.82) is 0 Å². The van der Waals surface area contributed by atoms with Crippen molar-refractivity contribution in [1.82, 2.24) is 5.32 Å². The quantitative estimate of drug-likeness (QED) is 0.633. The van der Waals surface area contributed by atoms with E-state index < -0.39 is 23.4 Å². The summed E-state index contributed by atoms with van der Waals surface area (Å²) >= 11 is 0. The summed E-state index contributed by atoms with van der Waals surface area (Å²) < 4.78 is 0. The molecule has 0 aliphatic heterocycles. The van der Waals surface area contributed by atoms with Crippen LogP contribution >= 0.6 is 0 Å². The average Bonchev–Trinajstić information content (AvgIpc) is 2.83. The SMILES string of the molecule is CC(C)(O)CNC(=O)[C@H]1C2C=CC(C2)[C@H]1C(=O)O. The second-order valence-corrected chi connectivity index (χ2v) is 5.87. The van der Waals surface area contributed by atoms with Crippen LogP contribution in [0.15, 0.2) is 12.2 Å². The Morgan fingerprint density at radius 3 is 2.33 bits per heavy atom. The zero-order valence-corrected chi connectivity index (χ0v) is 10.6. The lowest BCUT2D eigenvalue weighted by Crippen LogP contribution is -2.45. The number of carboxylic acids is 1. The zero-order valence-electron chi connectivity index (χ0n) is 10.6. The predicted octanol–water partition coefficient (Wildman–Crippen LogP) is 0.396. The summed E-state index contributed by atoms with van der Waals surface area (Å²) in [5.41, 5.74) is -0.984. The van der Waals surface area contributed by atoms with Gasteiger partial charge in [0, 0.05) is 6.54 Å². The second kappa shape index (κ2) is 4.39. The van der Waals surface area contributed by atoms with Gasteiger partial charge in [-0.25, -0.2) is 0 Å². The fourth-order valence-electron chi connectivity index (χ4n) is 2.94. The van der Waals surface area contributed by atoms with Crippen LogP contribution < -0.4 is 5.32 Å². The Morgan fingerprint density at radius 1 is 1.28 bits per heavy atom. The van der Waals surface area contributed by atoms with Gasteiger partial charge in [0.1, 0.15) is 0 Å². The molecule has 1 fully saturated rings. The number of rotatable bonds is 4. The Labute approximate surface area is 106 Å². The number of carboxylic acid groups (broad SMARTS) is 1. The molecule has 0 aromatic carbocycles. The minimum Gasteiger partial charge on any atom is -0.481 e. The summed E-state index contributed by atoms with van der Waals surface area (Å²) in [5, 5.41) is 21.4. The fourth-order valence-corrected chi connectivity index (χ4v) is 2.94. The van der Waals surface area contributed by atoms with Crippen molar-refractivity contribution in [3.63, 3.8) is 0 Å². The third kappa shape index (κ3) is 2.41. The highest BCUT2D eigenvalue weighted by Gasteiger charge is 2.51. The maximum atomic E-state index is 12.1. The molecule has 3 N–H and O–H groups in total. The van der Waals surface area contributed by atoms with Gasteiger partial charge in [0.2, 0.25) is 5.91 Å². The highest BCUT2D eigenvalue weighted by Crippen LogP contribution is 2.48. The molecule has 5 heteroatoms. The van der Waals surface area contributed by atoms with Crippen LogP contribution in [0.5, 0.6) is 0 Å². The van der Waals surface area contributed by atoms with Crippen LogP contribution in [-0.2, 0) is 9.59 Å². The number of amides is 1. The van der Waals surface area contributed by atoms with Crippen LogP contribution in [0.4, 0.5) is 0 Å². The van der Waals surface area contributed by atoms with Crippen molar-refractivity contribution in [2.75, 3.05) is 6.54 Å². The zero-order chi connectivity index (χ0) is 13.5. The lowest BCUT2D eigenvalue weighted by Gasteiger charge is -2.25. The van der Waals surface area contributed by atoms with Gasteiger partial charge in [-0.2, -0.15) is 0 Å². The molecule has 0 heterocycles. The molecule has 1 saturated carbocycles. The van der Waals surface area contributed by atoms with E-state index in [-0.39, 0.29) is 24.3 Å². The summed E-state index contributed by atoms with van der Waals surface area (Å²) in [6, 6.07) is 0. The van der Waals surface area contributed by atoms with Crippen LogP contribution in [0.2, 0.25) is 0 Å². The first-order chi connectivity index (χ1) is 8.29. The molecule has 2 aliphatic carbocycles. The van der Waals surface area contributed by atoms with Crippen molar-refractivity contribution >= 4 is 11.9 Å². The molecule has 0 spiro atoms. The molecule has 18 heavy (non-hydrogen) atoms. The number of nitrogens with one attached hydrogen (secondary N) is 1. The molecule has 0 aromatic heterocycles. The molecule has 2 unspecified atom stereocenters. The lowest BCUT2D eigenvalue weighted by molar-refractivity contribution is -0.148. The van der Waals surface area contributed by atoms with E-state index in [0.717, 1.165) is 6.42 Å². The number of aliphatic hydroxyl groups is 1. The minimum atomic E-state index is -0.984. The first-order valence-electron chi connectivity index (χ1n) is 6.21. The van der Waals surface area contributed by atoms with Crippen LogP contribution in [-0.4, -0.2) is 34.2 Å². The Morgan fingerprint density at radius 2 is 1.83 bits per heavy atom. The van der Waals surface area contributed by atoms with Crippen molar-refractivity contribution in [2.45, 2.75) is 25.9 Å². The highest BCUT2D eigenvalue weighted by atomic mass is 16.4. The van der Waals surface area contributed by atoms with Crippen molar-refractivity contribution in [3.8, 4) is 0 Å². The molecule has 5 nitrogen and oxygen atoms in total. The van der Waals surface area contributed by atoms with Gasteiger partial charge >= 0.3 is 5.97 Å². The standard InChI is InChI=1S/C13H19NO4/c1-13(2,18)6-14-11(15)9-7-3-4-8(5-7)10(9)12(16)17/h3-4,7-10,18H,5-6H2,1-2H3,(H,14,15)(H,16,17)/t7?,8?,9-,10+/m0/s1. The van der Waals surface area contributed by atoms with E-state index in [4.69, 9.17) is 0 Å². The van der Waals surface area contributed by atoms with Crippen LogP contribution in [0.1, 0.15) is 20.3 Å². The van der Waals surface area contributed by atoms with Crippen molar-refractivity contribution in [2.24, 2.45) is 23.7 Å². The summed E-state index contributed by atoms with van der Waals surface area (Å²) in [7, 11) is 0. The second-order valence-electron chi connectivity index (χ2n) is 5.87. The molecular formula is C13H19NO4. The van der Waals surface area contributed by atoms with E-state index in [1.807, 2.05) is 12.2 Å². The Bertz CT molecular complexity index is 396. The molecule has 2 aliphatic rings. The summed E-state index contributed by atoms with van der Waals surface area (Å²) in [5.74, 6) is -2.29. The van der Waals surface area contributed by atoms with Gasteiger partial charge in [-0.1, -0.05) is 12.2 Å². The van der Waals surface area contributed by atoms with Gasteiger partial charge < -0.3 is 15.5 Å². The largest absolute Gasteiger partial charge is 0.481 e. The topological polar surface area (TPSA) is 86.6 Å². The van der Waals surface area contributed by atoms with E-state index in [0.29, 0.717) is 0 Å². The van der Waals surface area contributed by atoms with E-state index in [1.165, 1.54) is 0 Å². The molecule has 4 atom stereocenters. The molecule has 0 radical (unpaired) electrons. The molecule has 1 amide bonds. The van der Waals surface area contributed by atoms with Crippen LogP contribution in [0.3, 0.4) is 0 Å². The number of carbonyl (C=O) groups is 2. The number of hydrogen-bond donors (Lipinski definition) is 3. The number of carbonyl (C=O) groups excluding carboxylic acids is 1. The molecule has 0 saturated heterocycles. The first kappa shape index (κ1) is 13.1.